The number of aliphatic carboxylic acids is 1. The van der Waals surface area contributed by atoms with Gasteiger partial charge in [-0.1, -0.05) is 12.1 Å². The fourth-order valence-electron chi connectivity index (χ4n) is 2.36. The zero-order valence-electron chi connectivity index (χ0n) is 11.9. The van der Waals surface area contributed by atoms with Gasteiger partial charge in [-0.2, -0.15) is 0 Å². The van der Waals surface area contributed by atoms with Crippen LogP contribution < -0.4 is 4.74 Å². The van der Waals surface area contributed by atoms with Gasteiger partial charge in [-0.3, -0.25) is 9.69 Å². The number of methoxy groups -OCH3 is 1. The van der Waals surface area contributed by atoms with Crippen molar-refractivity contribution in [3.05, 3.63) is 29.8 Å². The first-order chi connectivity index (χ1) is 9.10. The molecule has 112 valence electrons. The summed E-state index contributed by atoms with van der Waals surface area (Å²) in [7, 11) is 1.64. The van der Waals surface area contributed by atoms with Gasteiger partial charge in [0.2, 0.25) is 0 Å². The predicted molar refractivity (Wildman–Crippen MR) is 80.5 cm³/mol. The highest BCUT2D eigenvalue weighted by Crippen LogP contribution is 2.35. The lowest BCUT2D eigenvalue weighted by molar-refractivity contribution is -0.139. The first-order valence-electron chi connectivity index (χ1n) is 6.69. The highest BCUT2D eigenvalue weighted by molar-refractivity contribution is 5.85. The third-order valence-corrected chi connectivity index (χ3v) is 3.76. The summed E-state index contributed by atoms with van der Waals surface area (Å²) in [6.07, 6.45) is 2.44. The minimum Gasteiger partial charge on any atom is -0.497 e. The number of rotatable bonds is 7. The Labute approximate surface area is 126 Å². The number of halogens is 1. The molecule has 0 spiro atoms. The molecular weight excluding hydrogens is 278 g/mol. The summed E-state index contributed by atoms with van der Waals surface area (Å²) >= 11 is 0. The summed E-state index contributed by atoms with van der Waals surface area (Å²) in [6.45, 7) is 2.90. The van der Waals surface area contributed by atoms with Gasteiger partial charge < -0.3 is 9.84 Å². The van der Waals surface area contributed by atoms with Gasteiger partial charge in [0, 0.05) is 12.6 Å². The molecule has 0 aromatic heterocycles. The van der Waals surface area contributed by atoms with Crippen molar-refractivity contribution >= 4 is 18.4 Å². The molecule has 0 heterocycles. The molecule has 5 heteroatoms. The topological polar surface area (TPSA) is 49.8 Å². The molecule has 1 aromatic carbocycles. The van der Waals surface area contributed by atoms with Gasteiger partial charge in [-0.15, -0.1) is 12.4 Å². The number of carboxylic acids is 1. The van der Waals surface area contributed by atoms with Gasteiger partial charge in [-0.25, -0.2) is 0 Å². The number of benzene rings is 1. The van der Waals surface area contributed by atoms with Crippen LogP contribution in [0, 0.1) is 5.92 Å². The maximum Gasteiger partial charge on any atom is 0.317 e. The summed E-state index contributed by atoms with van der Waals surface area (Å²) < 4.78 is 5.13. The van der Waals surface area contributed by atoms with Gasteiger partial charge in [0.25, 0.3) is 0 Å². The lowest BCUT2D eigenvalue weighted by Crippen LogP contribution is -2.38. The second-order valence-electron chi connectivity index (χ2n) is 5.22. The summed E-state index contributed by atoms with van der Waals surface area (Å²) in [5.41, 5.74) is 1.12. The van der Waals surface area contributed by atoms with E-state index in [4.69, 9.17) is 9.84 Å². The van der Waals surface area contributed by atoms with Crippen LogP contribution in [0.1, 0.15) is 25.3 Å². The molecule has 1 atom stereocenters. The fraction of sp³-hybridized carbons (Fsp3) is 0.533. The molecule has 2 rings (SSSR count). The molecule has 1 aromatic rings. The first-order valence-corrected chi connectivity index (χ1v) is 6.69. The monoisotopic (exact) mass is 299 g/mol. The third kappa shape index (κ3) is 4.69. The van der Waals surface area contributed by atoms with Crippen LogP contribution in [0.25, 0.3) is 0 Å². The smallest absolute Gasteiger partial charge is 0.317 e. The molecule has 1 fully saturated rings. The number of ether oxygens (including phenoxy) is 1. The molecule has 0 radical (unpaired) electrons. The lowest BCUT2D eigenvalue weighted by Gasteiger charge is -2.27. The van der Waals surface area contributed by atoms with E-state index in [1.54, 1.807) is 7.11 Å². The Balaban J connectivity index is 0.00000200. The van der Waals surface area contributed by atoms with E-state index in [0.717, 1.165) is 11.3 Å². The minimum absolute atomic E-state index is 0. The van der Waals surface area contributed by atoms with Crippen LogP contribution in [0.15, 0.2) is 24.3 Å². The van der Waals surface area contributed by atoms with Crippen molar-refractivity contribution < 1.29 is 14.6 Å². The predicted octanol–water partition coefficient (Wildman–Crippen LogP) is 2.80. The molecular formula is C15H22ClNO3. The normalized spacial score (nSPS) is 15.6. The first kappa shape index (κ1) is 16.8. The molecule has 1 aliphatic carbocycles. The van der Waals surface area contributed by atoms with Crippen LogP contribution >= 0.6 is 12.4 Å². The van der Waals surface area contributed by atoms with E-state index >= 15 is 0 Å². The van der Waals surface area contributed by atoms with Crippen molar-refractivity contribution in [1.82, 2.24) is 4.90 Å². The second kappa shape index (κ2) is 7.50. The SMILES string of the molecule is COc1ccc(CN(CC(=O)O)C(C)C2CC2)cc1.Cl. The van der Waals surface area contributed by atoms with Crippen molar-refractivity contribution in [3.8, 4) is 5.75 Å². The van der Waals surface area contributed by atoms with Crippen molar-refractivity contribution in [3.63, 3.8) is 0 Å². The number of hydrogen-bond acceptors (Lipinski definition) is 3. The molecule has 4 nitrogen and oxygen atoms in total. The van der Waals surface area contributed by atoms with E-state index in [1.807, 2.05) is 29.2 Å². The Morgan fingerprint density at radius 1 is 1.40 bits per heavy atom. The maximum absolute atomic E-state index is 11.0. The van der Waals surface area contributed by atoms with Crippen LogP contribution in [0.3, 0.4) is 0 Å². The van der Waals surface area contributed by atoms with E-state index < -0.39 is 5.97 Å². The van der Waals surface area contributed by atoms with E-state index in [-0.39, 0.29) is 19.0 Å². The molecule has 1 saturated carbocycles. The van der Waals surface area contributed by atoms with E-state index in [1.165, 1.54) is 12.8 Å². The third-order valence-electron chi connectivity index (χ3n) is 3.76. The summed E-state index contributed by atoms with van der Waals surface area (Å²) in [6, 6.07) is 8.14. The second-order valence-corrected chi connectivity index (χ2v) is 5.22. The van der Waals surface area contributed by atoms with Crippen LogP contribution in [0.2, 0.25) is 0 Å². The Kier molecular flexibility index (Phi) is 6.30. The number of carbonyl (C=O) groups is 1. The Morgan fingerprint density at radius 3 is 2.45 bits per heavy atom. The van der Waals surface area contributed by atoms with E-state index in [9.17, 15) is 4.79 Å². The molecule has 0 amide bonds. The minimum atomic E-state index is -0.763. The van der Waals surface area contributed by atoms with Gasteiger partial charge >= 0.3 is 5.97 Å². The van der Waals surface area contributed by atoms with Crippen molar-refractivity contribution in [2.75, 3.05) is 13.7 Å². The van der Waals surface area contributed by atoms with Gasteiger partial charge in [0.15, 0.2) is 0 Å². The van der Waals surface area contributed by atoms with Crippen LogP contribution in [-0.4, -0.2) is 35.7 Å². The van der Waals surface area contributed by atoms with Gasteiger partial charge in [0.1, 0.15) is 5.75 Å². The quantitative estimate of drug-likeness (QED) is 0.841. The highest BCUT2D eigenvalue weighted by Gasteiger charge is 2.32. The zero-order chi connectivity index (χ0) is 13.8. The highest BCUT2D eigenvalue weighted by atomic mass is 35.5. The summed E-state index contributed by atoms with van der Waals surface area (Å²) in [4.78, 5) is 13.0. The Morgan fingerprint density at radius 2 is 2.00 bits per heavy atom. The van der Waals surface area contributed by atoms with Crippen molar-refractivity contribution in [2.45, 2.75) is 32.4 Å². The summed E-state index contributed by atoms with van der Waals surface area (Å²) in [5, 5.41) is 9.03. The van der Waals surface area contributed by atoms with Crippen LogP contribution in [-0.2, 0) is 11.3 Å². The molecule has 0 saturated heterocycles. The standard InChI is InChI=1S/C15H21NO3.ClH/c1-11(13-5-6-13)16(10-15(17)18)9-12-3-7-14(19-2)8-4-12;/h3-4,7-8,11,13H,5-6,9-10H2,1-2H3,(H,17,18);1H. The number of hydrogen-bond donors (Lipinski definition) is 1. The number of nitrogens with zero attached hydrogens (tertiary/aromatic N) is 1. The van der Waals surface area contributed by atoms with Gasteiger partial charge in [-0.05, 0) is 43.4 Å². The zero-order valence-corrected chi connectivity index (χ0v) is 12.7. The Hall–Kier alpha value is -1.26. The molecule has 20 heavy (non-hydrogen) atoms. The van der Waals surface area contributed by atoms with Crippen molar-refractivity contribution in [2.24, 2.45) is 5.92 Å². The van der Waals surface area contributed by atoms with E-state index in [2.05, 4.69) is 6.92 Å². The molecule has 0 bridgehead atoms. The van der Waals surface area contributed by atoms with Crippen LogP contribution in [0.4, 0.5) is 0 Å². The average Bonchev–Trinajstić information content (AvgIpc) is 3.22. The van der Waals surface area contributed by atoms with E-state index in [0.29, 0.717) is 18.5 Å². The fourth-order valence-corrected chi connectivity index (χ4v) is 2.36. The average molecular weight is 300 g/mol. The maximum atomic E-state index is 11.0. The van der Waals surface area contributed by atoms with Crippen LogP contribution in [0.5, 0.6) is 5.75 Å². The molecule has 1 N–H and O–H groups in total. The number of carboxylic acid groups (broad SMARTS) is 1. The van der Waals surface area contributed by atoms with Gasteiger partial charge in [0.05, 0.1) is 13.7 Å². The summed E-state index contributed by atoms with van der Waals surface area (Å²) in [5.74, 6) is 0.724. The lowest BCUT2D eigenvalue weighted by atomic mass is 10.1. The molecule has 0 aliphatic heterocycles. The largest absolute Gasteiger partial charge is 0.497 e. The molecule has 1 unspecified atom stereocenters. The van der Waals surface area contributed by atoms with Crippen molar-refractivity contribution in [1.29, 1.82) is 0 Å². The Bertz CT molecular complexity index is 431. The molecule has 1 aliphatic rings.